The van der Waals surface area contributed by atoms with Crippen LogP contribution in [0.15, 0.2) is 53.9 Å². The average molecular weight is 410 g/mol. The van der Waals surface area contributed by atoms with Crippen molar-refractivity contribution in [3.63, 3.8) is 0 Å². The zero-order chi connectivity index (χ0) is 20.8. The average Bonchev–Trinajstić information content (AvgIpc) is 3.16. The maximum Gasteiger partial charge on any atom is 0.270 e. The van der Waals surface area contributed by atoms with Crippen LogP contribution in [-0.4, -0.2) is 28.3 Å². The lowest BCUT2D eigenvalue weighted by molar-refractivity contribution is -0.384. The van der Waals surface area contributed by atoms with Gasteiger partial charge < -0.3 is 5.32 Å². The minimum absolute atomic E-state index is 0.0521. The summed E-state index contributed by atoms with van der Waals surface area (Å²) in [5, 5.41) is 18.5. The number of nitrogens with zero attached hydrogens (tertiary/aromatic N) is 2. The molecule has 0 saturated heterocycles. The van der Waals surface area contributed by atoms with Gasteiger partial charge in [0.15, 0.2) is 5.13 Å². The summed E-state index contributed by atoms with van der Waals surface area (Å²) in [6.07, 6.45) is 0.738. The number of hydrogen-bond donors (Lipinski definition) is 2. The number of nitro groups is 1. The van der Waals surface area contributed by atoms with Crippen molar-refractivity contribution in [2.24, 2.45) is 0 Å². The summed E-state index contributed by atoms with van der Waals surface area (Å²) in [5.74, 6) is -0.508. The van der Waals surface area contributed by atoms with Crippen LogP contribution in [0.25, 0.3) is 11.3 Å². The summed E-state index contributed by atoms with van der Waals surface area (Å²) in [6, 6.07) is 13.3. The van der Waals surface area contributed by atoms with Gasteiger partial charge in [-0.15, -0.1) is 11.3 Å². The molecule has 9 heteroatoms. The summed E-state index contributed by atoms with van der Waals surface area (Å²) in [4.78, 5) is 38.0. The Morgan fingerprint density at radius 3 is 2.62 bits per heavy atom. The van der Waals surface area contributed by atoms with Crippen LogP contribution in [0.2, 0.25) is 0 Å². The van der Waals surface area contributed by atoms with E-state index >= 15 is 0 Å². The molecule has 0 atom stereocenters. The number of non-ortho nitro benzene ring substituents is 1. The van der Waals surface area contributed by atoms with Crippen molar-refractivity contribution in [1.29, 1.82) is 0 Å². The first-order valence-electron chi connectivity index (χ1n) is 8.77. The number of aromatic nitrogens is 1. The van der Waals surface area contributed by atoms with Gasteiger partial charge in [0.05, 0.1) is 10.6 Å². The zero-order valence-corrected chi connectivity index (χ0v) is 16.4. The molecule has 0 aliphatic carbocycles. The highest BCUT2D eigenvalue weighted by atomic mass is 32.1. The van der Waals surface area contributed by atoms with E-state index in [0.29, 0.717) is 11.7 Å². The predicted molar refractivity (Wildman–Crippen MR) is 111 cm³/mol. The summed E-state index contributed by atoms with van der Waals surface area (Å²) in [7, 11) is 0. The highest BCUT2D eigenvalue weighted by Gasteiger charge is 2.13. The highest BCUT2D eigenvalue weighted by Crippen LogP contribution is 2.26. The Morgan fingerprint density at radius 1 is 1.17 bits per heavy atom. The quantitative estimate of drug-likeness (QED) is 0.456. The number of benzene rings is 2. The van der Waals surface area contributed by atoms with Crippen LogP contribution in [0.4, 0.5) is 10.8 Å². The van der Waals surface area contributed by atoms with Crippen LogP contribution in [0.3, 0.4) is 0 Å². The van der Waals surface area contributed by atoms with E-state index in [9.17, 15) is 19.7 Å². The Balaban J connectivity index is 1.64. The first kappa shape index (κ1) is 20.2. The van der Waals surface area contributed by atoms with E-state index in [-0.39, 0.29) is 17.2 Å². The van der Waals surface area contributed by atoms with Gasteiger partial charge in [-0.25, -0.2) is 4.98 Å². The van der Waals surface area contributed by atoms with Gasteiger partial charge in [0.2, 0.25) is 5.91 Å². The lowest BCUT2D eigenvalue weighted by Crippen LogP contribution is -2.22. The monoisotopic (exact) mass is 410 g/mol. The molecule has 2 aromatic carbocycles. The molecule has 0 aliphatic rings. The van der Waals surface area contributed by atoms with Crippen molar-refractivity contribution in [3.05, 3.63) is 75.2 Å². The third-order valence-electron chi connectivity index (χ3n) is 4.08. The van der Waals surface area contributed by atoms with Crippen LogP contribution < -0.4 is 10.6 Å². The van der Waals surface area contributed by atoms with E-state index in [1.807, 2.05) is 29.6 Å². The minimum Gasteiger partial charge on any atom is -0.356 e. The van der Waals surface area contributed by atoms with Crippen molar-refractivity contribution in [2.75, 3.05) is 11.9 Å². The predicted octanol–water partition coefficient (Wildman–Crippen LogP) is 3.65. The van der Waals surface area contributed by atoms with Gasteiger partial charge in [0.1, 0.15) is 0 Å². The molecule has 1 heterocycles. The topological polar surface area (TPSA) is 114 Å². The largest absolute Gasteiger partial charge is 0.356 e. The Morgan fingerprint density at radius 2 is 1.93 bits per heavy atom. The molecule has 0 bridgehead atoms. The number of amides is 2. The number of thiazole rings is 1. The van der Waals surface area contributed by atoms with Gasteiger partial charge in [-0.3, -0.25) is 25.0 Å². The van der Waals surface area contributed by atoms with E-state index in [0.717, 1.165) is 23.2 Å². The molecule has 0 saturated carbocycles. The molecule has 0 radical (unpaired) electrons. The number of anilines is 1. The number of rotatable bonds is 7. The zero-order valence-electron chi connectivity index (χ0n) is 15.5. The molecule has 8 nitrogen and oxygen atoms in total. The number of carbonyl (C=O) groups is 2. The van der Waals surface area contributed by atoms with Gasteiger partial charge in [-0.2, -0.15) is 0 Å². The Kier molecular flexibility index (Phi) is 6.30. The van der Waals surface area contributed by atoms with Crippen molar-refractivity contribution in [3.8, 4) is 11.3 Å². The molecule has 0 aliphatic heterocycles. The molecule has 3 rings (SSSR count). The smallest absolute Gasteiger partial charge is 0.270 e. The molecule has 148 valence electrons. The number of hydrogen-bond acceptors (Lipinski definition) is 6. The molecule has 2 amide bonds. The maximum atomic E-state index is 12.3. The number of nitrogens with one attached hydrogen (secondary N) is 2. The van der Waals surface area contributed by atoms with Gasteiger partial charge >= 0.3 is 0 Å². The molecule has 0 unspecified atom stereocenters. The fraction of sp³-hybridized carbons (Fsp3) is 0.150. The fourth-order valence-corrected chi connectivity index (χ4v) is 3.33. The minimum atomic E-state index is -0.544. The van der Waals surface area contributed by atoms with E-state index < -0.39 is 10.8 Å². The molecule has 0 fully saturated rings. The normalized spacial score (nSPS) is 10.4. The molecular weight excluding hydrogens is 392 g/mol. The second kappa shape index (κ2) is 9.07. The number of nitro benzene ring substituents is 1. The highest BCUT2D eigenvalue weighted by molar-refractivity contribution is 7.14. The molecule has 3 aromatic rings. The van der Waals surface area contributed by atoms with Crippen molar-refractivity contribution in [1.82, 2.24) is 10.3 Å². The van der Waals surface area contributed by atoms with Gasteiger partial charge in [-0.1, -0.05) is 30.3 Å². The molecule has 29 heavy (non-hydrogen) atoms. The van der Waals surface area contributed by atoms with E-state index in [1.54, 1.807) is 0 Å². The molecular formula is C20H18N4O4S. The van der Waals surface area contributed by atoms with E-state index in [1.165, 1.54) is 42.5 Å². The Labute approximate surface area is 170 Å². The Hall–Kier alpha value is -3.59. The molecule has 1 aromatic heterocycles. The third kappa shape index (κ3) is 5.45. The van der Waals surface area contributed by atoms with Gasteiger partial charge in [0.25, 0.3) is 11.6 Å². The maximum absolute atomic E-state index is 12.3. The first-order valence-corrected chi connectivity index (χ1v) is 9.65. The summed E-state index contributed by atoms with van der Waals surface area (Å²) >= 11 is 1.27. The van der Waals surface area contributed by atoms with E-state index in [4.69, 9.17) is 0 Å². The van der Waals surface area contributed by atoms with Crippen LogP contribution in [0.1, 0.15) is 22.8 Å². The summed E-state index contributed by atoms with van der Waals surface area (Å²) in [6.45, 7) is 2.07. The lowest BCUT2D eigenvalue weighted by Gasteiger charge is -2.04. The van der Waals surface area contributed by atoms with E-state index in [2.05, 4.69) is 15.6 Å². The third-order valence-corrected chi connectivity index (χ3v) is 4.84. The second-order valence-electron chi connectivity index (χ2n) is 6.23. The summed E-state index contributed by atoms with van der Waals surface area (Å²) in [5.41, 5.74) is 2.77. The molecule has 2 N–H and O–H groups in total. The fourth-order valence-electron chi connectivity index (χ4n) is 2.62. The lowest BCUT2D eigenvalue weighted by atomic mass is 10.1. The van der Waals surface area contributed by atoms with Crippen LogP contribution in [-0.2, 0) is 11.2 Å². The van der Waals surface area contributed by atoms with Crippen molar-refractivity contribution in [2.45, 2.75) is 13.3 Å². The first-order chi connectivity index (χ1) is 13.9. The van der Waals surface area contributed by atoms with Crippen LogP contribution in [0, 0.1) is 10.1 Å². The van der Waals surface area contributed by atoms with Gasteiger partial charge in [-0.05, 0) is 18.1 Å². The summed E-state index contributed by atoms with van der Waals surface area (Å²) < 4.78 is 0. The second-order valence-corrected chi connectivity index (χ2v) is 7.09. The van der Waals surface area contributed by atoms with Crippen molar-refractivity contribution < 1.29 is 14.5 Å². The van der Waals surface area contributed by atoms with Gasteiger partial charge in [0, 0.05) is 42.1 Å². The SMILES string of the molecule is CC(=O)NCCc1ccc(-c2csc(NC(=O)c3cccc([N+](=O)[O-])c3)n2)cc1. The standard InChI is InChI=1S/C20H18N4O4S/c1-13(25)21-10-9-14-5-7-15(8-6-14)18-12-29-20(22-18)23-19(26)16-3-2-4-17(11-16)24(27)28/h2-8,11-12H,9-10H2,1H3,(H,21,25)(H,22,23,26). The van der Waals surface area contributed by atoms with Crippen molar-refractivity contribution >= 4 is 34.0 Å². The van der Waals surface area contributed by atoms with Crippen LogP contribution in [0.5, 0.6) is 0 Å². The Bertz CT molecular complexity index is 1050. The number of carbonyl (C=O) groups excluding carboxylic acids is 2. The van der Waals surface area contributed by atoms with Crippen LogP contribution >= 0.6 is 11.3 Å². The molecule has 0 spiro atoms.